The molecule has 6 heterocycles. The van der Waals surface area contributed by atoms with Crippen LogP contribution in [0.3, 0.4) is 0 Å². The van der Waals surface area contributed by atoms with E-state index in [9.17, 15) is 29.1 Å². The first-order chi connectivity index (χ1) is 53.8. The van der Waals surface area contributed by atoms with E-state index in [-0.39, 0.29) is 34.5 Å². The fourth-order valence-corrected chi connectivity index (χ4v) is 16.2. The number of carbonyl (C=O) groups excluding carboxylic acids is 5. The van der Waals surface area contributed by atoms with Crippen molar-refractivity contribution >= 4 is 46.5 Å². The van der Waals surface area contributed by atoms with Gasteiger partial charge in [0.15, 0.2) is 0 Å². The number of piperidine rings is 3. The van der Waals surface area contributed by atoms with E-state index in [4.69, 9.17) is 33.2 Å². The van der Waals surface area contributed by atoms with Crippen molar-refractivity contribution in [2.75, 3.05) is 78.5 Å². The molecule has 6 aromatic carbocycles. The number of rotatable bonds is 10. The van der Waals surface area contributed by atoms with E-state index in [1.54, 1.807) is 47.6 Å². The monoisotopic (exact) mass is 1650 g/mol. The minimum Gasteiger partial charge on any atom is -0.508 e. The van der Waals surface area contributed by atoms with Gasteiger partial charge in [0.05, 0.1) is 0 Å². The number of halogens is 1. The summed E-state index contributed by atoms with van der Waals surface area (Å²) in [5.74, 6) is 3.63. The summed E-state index contributed by atoms with van der Waals surface area (Å²) in [7, 11) is 0. The molecule has 6 aliphatic rings. The van der Waals surface area contributed by atoms with Crippen LogP contribution in [0.2, 0.25) is 0 Å². The maximum absolute atomic E-state index is 12.7. The Balaban J connectivity index is 0.000000191. The number of amides is 3. The predicted molar refractivity (Wildman–Crippen MR) is 458 cm³/mol. The third-order valence-corrected chi connectivity index (χ3v) is 23.1. The number of hydrogen-bond donors (Lipinski definition) is 1. The zero-order chi connectivity index (χ0) is 84.5. The zero-order valence-corrected chi connectivity index (χ0v) is 74.2. The van der Waals surface area contributed by atoms with Crippen molar-refractivity contribution in [3.05, 3.63) is 197 Å². The molecule has 0 saturated carbocycles. The smallest absolute Gasteiger partial charge is 0.508 e. The Morgan fingerprint density at radius 1 is 0.374 bits per heavy atom. The first-order valence-corrected chi connectivity index (χ1v) is 42.1. The molecule has 0 aromatic heterocycles. The Hall–Kier alpha value is -8.37. The summed E-state index contributed by atoms with van der Waals surface area (Å²) in [4.78, 5) is 73.1. The quantitative estimate of drug-likeness (QED) is 0.0587. The molecule has 0 bridgehead atoms. The standard InChI is InChI=1S/2C28H38N2O3.C21H32N2O3.C10H18O5.C7H7Br/c2*1-21-18-29-14-15-30(26(31)33-27(2,3)4)19-24(29)17-28(21,5)23-12-9-13-25(16-23)32-20-22-10-7-6-8-11-22;1-15-13-22-9-10-23(19(25)26-20(2,3)4)14-17(22)12-21(15,5)16-7-6-8-18(24)11-16;1-9(2,3)14-7(11)13-8(12)15-10(4,5)6;8-6-7-4-2-1-3-5-7/h2*6-13,16,21,24H,14-15,17-20H2,1-5H3;6-8,11,15,17,24H,9-10,12-14H2,1-5H3;1-6H3;1-5H,6H2/t2*21-,24+,28+;15-,17+,21+;;/m000../s1. The minimum absolute atomic E-state index is 0.0170. The van der Waals surface area contributed by atoms with E-state index in [2.05, 4.69) is 156 Å². The molecule has 630 valence electrons. The van der Waals surface area contributed by atoms with Crippen LogP contribution in [-0.4, -0.2) is 190 Å². The van der Waals surface area contributed by atoms with Gasteiger partial charge in [0.2, 0.25) is 0 Å². The molecule has 21 heteroatoms. The second-order valence-corrected chi connectivity index (χ2v) is 38.2. The van der Waals surface area contributed by atoms with E-state index in [1.165, 1.54) is 33.4 Å². The Labute approximate surface area is 695 Å². The topological polar surface area (TPSA) is 199 Å². The third kappa shape index (κ3) is 28.2. The number of carbonyl (C=O) groups is 5. The van der Waals surface area contributed by atoms with Crippen LogP contribution in [0.4, 0.5) is 24.0 Å². The summed E-state index contributed by atoms with van der Waals surface area (Å²) in [5.41, 5.74) is 4.69. The molecule has 20 nitrogen and oxygen atoms in total. The molecule has 3 amide bonds. The van der Waals surface area contributed by atoms with E-state index in [0.717, 1.165) is 108 Å². The highest BCUT2D eigenvalue weighted by molar-refractivity contribution is 9.08. The van der Waals surface area contributed by atoms with Gasteiger partial charge in [-0.2, -0.15) is 0 Å². The van der Waals surface area contributed by atoms with E-state index >= 15 is 0 Å². The molecule has 6 fully saturated rings. The molecule has 12 rings (SSSR count). The number of alkyl halides is 1. The van der Waals surface area contributed by atoms with Crippen molar-refractivity contribution in [1.82, 2.24) is 29.4 Å². The number of fused-ring (bicyclic) bond motifs is 3. The molecular formula is C94H133BrN6O14. The molecule has 6 aromatic rings. The highest BCUT2D eigenvalue weighted by Gasteiger charge is 2.49. The van der Waals surface area contributed by atoms with Crippen LogP contribution in [0.25, 0.3) is 0 Å². The van der Waals surface area contributed by atoms with Crippen LogP contribution in [-0.2, 0) is 63.2 Å². The van der Waals surface area contributed by atoms with Crippen molar-refractivity contribution in [3.8, 4) is 17.2 Å². The normalized spacial score (nSPS) is 23.8. The number of piperazine rings is 3. The van der Waals surface area contributed by atoms with E-state index in [1.807, 2.05) is 156 Å². The van der Waals surface area contributed by atoms with E-state index in [0.29, 0.717) is 61.4 Å². The largest absolute Gasteiger partial charge is 0.519 e. The first-order valence-electron chi connectivity index (χ1n) is 41.0. The lowest BCUT2D eigenvalue weighted by molar-refractivity contribution is -0.0297. The van der Waals surface area contributed by atoms with Gasteiger partial charge in [-0.1, -0.05) is 185 Å². The van der Waals surface area contributed by atoms with Gasteiger partial charge >= 0.3 is 30.6 Å². The fraction of sp³-hybridized carbons (Fsp3) is 0.564. The average molecular weight is 1650 g/mol. The van der Waals surface area contributed by atoms with Crippen LogP contribution in [0.5, 0.6) is 17.2 Å². The Morgan fingerprint density at radius 2 is 0.661 bits per heavy atom. The maximum Gasteiger partial charge on any atom is 0.519 e. The van der Waals surface area contributed by atoms with Gasteiger partial charge in [0.25, 0.3) is 0 Å². The summed E-state index contributed by atoms with van der Waals surface area (Å²) >= 11 is 3.36. The van der Waals surface area contributed by atoms with Crippen molar-refractivity contribution in [3.63, 3.8) is 0 Å². The summed E-state index contributed by atoms with van der Waals surface area (Å²) in [6, 6.07) is 56.6. The molecule has 0 unspecified atom stereocenters. The van der Waals surface area contributed by atoms with Crippen molar-refractivity contribution in [1.29, 1.82) is 0 Å². The Kier molecular flexibility index (Phi) is 31.8. The molecule has 0 radical (unpaired) electrons. The first kappa shape index (κ1) is 92.1. The molecule has 0 spiro atoms. The van der Waals surface area contributed by atoms with Gasteiger partial charge in [-0.05, 0) is 227 Å². The van der Waals surface area contributed by atoms with Gasteiger partial charge < -0.3 is 57.7 Å². The van der Waals surface area contributed by atoms with Gasteiger partial charge in [-0.3, -0.25) is 14.7 Å². The van der Waals surface area contributed by atoms with Gasteiger partial charge in [0, 0.05) is 102 Å². The Bertz CT molecular complexity index is 3920. The second kappa shape index (κ2) is 39.7. The third-order valence-electron chi connectivity index (χ3n) is 22.5. The van der Waals surface area contributed by atoms with Crippen LogP contribution < -0.4 is 9.47 Å². The molecule has 0 aliphatic carbocycles. The molecule has 6 saturated heterocycles. The number of phenolic OH excluding ortho intramolecular Hbond substituents is 1. The Morgan fingerprint density at radius 3 is 0.939 bits per heavy atom. The van der Waals surface area contributed by atoms with Gasteiger partial charge in [-0.15, -0.1) is 0 Å². The minimum atomic E-state index is -1.06. The lowest BCUT2D eigenvalue weighted by Crippen LogP contribution is -2.62. The summed E-state index contributed by atoms with van der Waals surface area (Å²) in [5, 5.41) is 10.9. The number of aromatic hydroxyl groups is 1. The predicted octanol–water partition coefficient (Wildman–Crippen LogP) is 20.0. The summed E-state index contributed by atoms with van der Waals surface area (Å²) in [6.45, 7) is 52.6. The summed E-state index contributed by atoms with van der Waals surface area (Å²) < 4.78 is 42.9. The van der Waals surface area contributed by atoms with E-state index < -0.39 is 40.3 Å². The molecule has 1 N–H and O–H groups in total. The fourth-order valence-electron chi connectivity index (χ4n) is 15.8. The number of phenols is 1. The van der Waals surface area contributed by atoms with Gasteiger partial charge in [0.1, 0.15) is 58.5 Å². The van der Waals surface area contributed by atoms with Crippen molar-refractivity contribution < 1.29 is 67.0 Å². The van der Waals surface area contributed by atoms with Crippen LogP contribution in [0, 0.1) is 17.8 Å². The average Bonchev–Trinajstić information content (AvgIpc) is 0.770. The van der Waals surface area contributed by atoms with Crippen molar-refractivity contribution in [2.24, 2.45) is 17.8 Å². The zero-order valence-electron chi connectivity index (χ0n) is 72.6. The second-order valence-electron chi connectivity index (χ2n) is 37.6. The summed E-state index contributed by atoms with van der Waals surface area (Å²) in [6.07, 6.45) is 0.267. The molecule has 9 atom stereocenters. The molecule has 6 aliphatic heterocycles. The molecular weight excluding hydrogens is 1520 g/mol. The maximum atomic E-state index is 12.7. The highest BCUT2D eigenvalue weighted by atomic mass is 79.9. The number of hydrogen-bond acceptors (Lipinski definition) is 17. The lowest BCUT2D eigenvalue weighted by atomic mass is 9.65. The lowest BCUT2D eigenvalue weighted by Gasteiger charge is -2.53. The van der Waals surface area contributed by atoms with Crippen molar-refractivity contribution in [2.45, 2.75) is 246 Å². The van der Waals surface area contributed by atoms with Gasteiger partial charge in [-0.25, -0.2) is 24.0 Å². The number of nitrogens with zero attached hydrogens (tertiary/aromatic N) is 6. The van der Waals surface area contributed by atoms with Crippen LogP contribution in [0.1, 0.15) is 198 Å². The van der Waals surface area contributed by atoms with Crippen LogP contribution in [0.15, 0.2) is 164 Å². The SMILES string of the molecule is BrCc1ccccc1.CC(C)(C)OC(=O)OC(=O)OC(C)(C)C.C[C@H]1CN2CCN(C(=O)OC(C)(C)C)C[C@H]2C[C@@]1(C)c1cccc(O)c1.C[C@H]1CN2CCN(C(=O)OC(C)(C)C)C[C@H]2C[C@@]1(C)c1cccc(OCc2ccccc2)c1.C[C@H]1CN2CCN(C(=O)OC(C)(C)C)C[C@H]2C[C@@]1(C)c1cccc(OCc2ccccc2)c1. The number of ether oxygens (including phenoxy) is 8. The highest BCUT2D eigenvalue weighted by Crippen LogP contribution is 2.47. The van der Waals surface area contributed by atoms with Crippen LogP contribution >= 0.6 is 15.9 Å². The number of benzene rings is 6. The molecule has 115 heavy (non-hydrogen) atoms.